The average Bonchev–Trinajstić information content (AvgIpc) is 2.84. The molecular weight excluding hydrogens is 288 g/mol. The monoisotopic (exact) mass is 302 g/mol. The molecule has 0 radical (unpaired) electrons. The van der Waals surface area contributed by atoms with Crippen LogP contribution in [0.5, 0.6) is 0 Å². The molecule has 0 aliphatic carbocycles. The van der Waals surface area contributed by atoms with E-state index in [1.807, 2.05) is 0 Å². The zero-order valence-corrected chi connectivity index (χ0v) is 11.3. The number of sulfonamides is 1. The standard InChI is InChI=1S/C11H14N2O6S/c14-11(4-5-19-8-11)7-12-20(17,18)10-3-1-2-9(6-10)13(15)16/h1-3,6,12,14H,4-5,7-8H2. The van der Waals surface area contributed by atoms with E-state index in [-0.39, 0.29) is 23.7 Å². The van der Waals surface area contributed by atoms with Gasteiger partial charge in [0.05, 0.1) is 16.4 Å². The molecule has 1 heterocycles. The van der Waals surface area contributed by atoms with E-state index in [9.17, 15) is 23.6 Å². The van der Waals surface area contributed by atoms with Crippen LogP contribution in [0.3, 0.4) is 0 Å². The van der Waals surface area contributed by atoms with Crippen LogP contribution in [0.4, 0.5) is 5.69 Å². The Labute approximate surface area is 115 Å². The predicted octanol–water partition coefficient (Wildman–Crippen LogP) is 0.0245. The Balaban J connectivity index is 2.14. The van der Waals surface area contributed by atoms with Crippen LogP contribution < -0.4 is 4.72 Å². The summed E-state index contributed by atoms with van der Waals surface area (Å²) in [4.78, 5) is 9.75. The fraction of sp³-hybridized carbons (Fsp3) is 0.455. The molecule has 1 unspecified atom stereocenters. The van der Waals surface area contributed by atoms with Crippen molar-refractivity contribution < 1.29 is 23.2 Å². The Morgan fingerprint density at radius 2 is 2.25 bits per heavy atom. The quantitative estimate of drug-likeness (QED) is 0.585. The Morgan fingerprint density at radius 1 is 1.50 bits per heavy atom. The molecule has 2 N–H and O–H groups in total. The number of nitro benzene ring substituents is 1. The molecule has 1 aromatic carbocycles. The maximum Gasteiger partial charge on any atom is 0.270 e. The second kappa shape index (κ2) is 5.44. The van der Waals surface area contributed by atoms with E-state index < -0.39 is 20.5 Å². The van der Waals surface area contributed by atoms with Crippen molar-refractivity contribution >= 4 is 15.7 Å². The summed E-state index contributed by atoms with van der Waals surface area (Å²) in [7, 11) is -3.91. The lowest BCUT2D eigenvalue weighted by molar-refractivity contribution is -0.385. The minimum atomic E-state index is -3.91. The van der Waals surface area contributed by atoms with Crippen molar-refractivity contribution in [3.8, 4) is 0 Å². The summed E-state index contributed by atoms with van der Waals surface area (Å²) in [6.45, 7) is 0.234. The summed E-state index contributed by atoms with van der Waals surface area (Å²) in [5.41, 5.74) is -1.54. The van der Waals surface area contributed by atoms with Crippen molar-refractivity contribution in [2.45, 2.75) is 16.9 Å². The molecule has 1 atom stereocenters. The van der Waals surface area contributed by atoms with Crippen LogP contribution in [0, 0.1) is 10.1 Å². The number of aliphatic hydroxyl groups is 1. The fourth-order valence-corrected chi connectivity index (χ4v) is 2.97. The molecule has 1 aliphatic heterocycles. The Kier molecular flexibility index (Phi) is 4.04. The molecule has 0 aromatic heterocycles. The Morgan fingerprint density at radius 3 is 2.85 bits per heavy atom. The van der Waals surface area contributed by atoms with Crippen LogP contribution in [-0.4, -0.2) is 43.8 Å². The highest BCUT2D eigenvalue weighted by atomic mass is 32.2. The smallest absolute Gasteiger partial charge is 0.270 e. The number of rotatable bonds is 5. The van der Waals surface area contributed by atoms with Gasteiger partial charge < -0.3 is 9.84 Å². The van der Waals surface area contributed by atoms with E-state index in [0.717, 1.165) is 6.07 Å². The first kappa shape index (κ1) is 14.9. The molecule has 2 rings (SSSR count). The third-order valence-electron chi connectivity index (χ3n) is 3.01. The van der Waals surface area contributed by atoms with E-state index in [1.165, 1.54) is 18.2 Å². The van der Waals surface area contributed by atoms with Crippen molar-refractivity contribution in [1.82, 2.24) is 4.72 Å². The van der Waals surface area contributed by atoms with Gasteiger partial charge in [-0.2, -0.15) is 0 Å². The van der Waals surface area contributed by atoms with Crippen LogP contribution in [0.25, 0.3) is 0 Å². The molecule has 1 saturated heterocycles. The summed E-state index contributed by atoms with van der Waals surface area (Å²) in [5.74, 6) is 0. The van der Waals surface area contributed by atoms with Crippen LogP contribution in [0.15, 0.2) is 29.2 Å². The van der Waals surface area contributed by atoms with Gasteiger partial charge in [-0.1, -0.05) is 6.07 Å². The van der Waals surface area contributed by atoms with Gasteiger partial charge in [0.25, 0.3) is 5.69 Å². The molecule has 8 nitrogen and oxygen atoms in total. The van der Waals surface area contributed by atoms with Gasteiger partial charge in [0.2, 0.25) is 10.0 Å². The molecule has 0 bridgehead atoms. The predicted molar refractivity (Wildman–Crippen MR) is 68.7 cm³/mol. The van der Waals surface area contributed by atoms with E-state index in [4.69, 9.17) is 4.74 Å². The highest BCUT2D eigenvalue weighted by Crippen LogP contribution is 2.20. The normalized spacial score (nSPS) is 22.9. The van der Waals surface area contributed by atoms with Crippen molar-refractivity contribution in [2.75, 3.05) is 19.8 Å². The van der Waals surface area contributed by atoms with E-state index in [0.29, 0.717) is 13.0 Å². The molecule has 110 valence electrons. The largest absolute Gasteiger partial charge is 0.386 e. The van der Waals surface area contributed by atoms with Gasteiger partial charge in [0.15, 0.2) is 0 Å². The zero-order chi connectivity index (χ0) is 14.8. The van der Waals surface area contributed by atoms with Crippen LogP contribution in [0.1, 0.15) is 6.42 Å². The number of nitrogens with zero attached hydrogens (tertiary/aromatic N) is 1. The third kappa shape index (κ3) is 3.31. The number of hydrogen-bond acceptors (Lipinski definition) is 6. The molecule has 1 aliphatic rings. The molecule has 0 saturated carbocycles. The summed E-state index contributed by atoms with van der Waals surface area (Å²) in [6.07, 6.45) is 0.338. The van der Waals surface area contributed by atoms with E-state index >= 15 is 0 Å². The SMILES string of the molecule is O=[N+]([O-])c1cccc(S(=O)(=O)NCC2(O)CCOC2)c1. The van der Waals surface area contributed by atoms with Gasteiger partial charge in [-0.05, 0) is 6.07 Å². The lowest BCUT2D eigenvalue weighted by Gasteiger charge is -2.20. The molecular formula is C11H14N2O6S. The van der Waals surface area contributed by atoms with Gasteiger partial charge >= 0.3 is 0 Å². The lowest BCUT2D eigenvalue weighted by atomic mass is 10.1. The first-order chi connectivity index (χ1) is 9.32. The van der Waals surface area contributed by atoms with Crippen molar-refractivity contribution in [3.63, 3.8) is 0 Å². The molecule has 9 heteroatoms. The summed E-state index contributed by atoms with van der Waals surface area (Å²) in [5, 5.41) is 20.6. The van der Waals surface area contributed by atoms with Crippen LogP contribution >= 0.6 is 0 Å². The number of benzene rings is 1. The summed E-state index contributed by atoms with van der Waals surface area (Å²) in [6, 6.07) is 4.72. The van der Waals surface area contributed by atoms with Gasteiger partial charge in [-0.15, -0.1) is 0 Å². The van der Waals surface area contributed by atoms with E-state index in [2.05, 4.69) is 4.72 Å². The fourth-order valence-electron chi connectivity index (χ4n) is 1.81. The van der Waals surface area contributed by atoms with Gasteiger partial charge in [-0.25, -0.2) is 13.1 Å². The van der Waals surface area contributed by atoms with Crippen molar-refractivity contribution in [2.24, 2.45) is 0 Å². The number of ether oxygens (including phenoxy) is 1. The molecule has 20 heavy (non-hydrogen) atoms. The minimum absolute atomic E-state index is 0.0600. The molecule has 1 aromatic rings. The number of nitrogens with one attached hydrogen (secondary N) is 1. The van der Waals surface area contributed by atoms with Crippen LogP contribution in [-0.2, 0) is 14.8 Å². The van der Waals surface area contributed by atoms with Gasteiger partial charge in [-0.3, -0.25) is 10.1 Å². The van der Waals surface area contributed by atoms with Crippen molar-refractivity contribution in [1.29, 1.82) is 0 Å². The number of non-ortho nitro benzene ring substituents is 1. The molecule has 1 fully saturated rings. The second-order valence-electron chi connectivity index (χ2n) is 4.61. The van der Waals surface area contributed by atoms with Gasteiger partial charge in [0.1, 0.15) is 5.60 Å². The Bertz CT molecular complexity index is 609. The number of nitro groups is 1. The number of hydrogen-bond donors (Lipinski definition) is 2. The lowest BCUT2D eigenvalue weighted by Crippen LogP contribution is -2.43. The highest BCUT2D eigenvalue weighted by molar-refractivity contribution is 7.89. The highest BCUT2D eigenvalue weighted by Gasteiger charge is 2.33. The topological polar surface area (TPSA) is 119 Å². The van der Waals surface area contributed by atoms with Crippen LogP contribution in [0.2, 0.25) is 0 Å². The minimum Gasteiger partial charge on any atom is -0.386 e. The first-order valence-electron chi connectivity index (χ1n) is 5.87. The Hall–Kier alpha value is -1.55. The third-order valence-corrected chi connectivity index (χ3v) is 4.41. The molecule has 0 amide bonds. The zero-order valence-electron chi connectivity index (χ0n) is 10.5. The second-order valence-corrected chi connectivity index (χ2v) is 6.37. The average molecular weight is 302 g/mol. The first-order valence-corrected chi connectivity index (χ1v) is 7.35. The molecule has 0 spiro atoms. The maximum absolute atomic E-state index is 12.0. The van der Waals surface area contributed by atoms with Gasteiger partial charge in [0, 0.05) is 31.7 Å². The van der Waals surface area contributed by atoms with E-state index in [1.54, 1.807) is 0 Å². The maximum atomic E-state index is 12.0. The summed E-state index contributed by atoms with van der Waals surface area (Å²) >= 11 is 0. The summed E-state index contributed by atoms with van der Waals surface area (Å²) < 4.78 is 31.3. The van der Waals surface area contributed by atoms with Crippen molar-refractivity contribution in [3.05, 3.63) is 34.4 Å².